The largest absolute Gasteiger partial charge is 0.492 e. The number of benzene rings is 2. The highest BCUT2D eigenvalue weighted by Crippen LogP contribution is 2.37. The molecular formula is C30H33ClN6O3. The number of amides is 1. The number of halogens is 1. The number of hydrogen-bond donors (Lipinski definition) is 3. The second kappa shape index (κ2) is 13.7. The molecule has 40 heavy (non-hydrogen) atoms. The first-order chi connectivity index (χ1) is 19.4. The van der Waals surface area contributed by atoms with E-state index in [0.29, 0.717) is 47.5 Å². The van der Waals surface area contributed by atoms with Crippen LogP contribution in [0.2, 0.25) is 5.02 Å². The normalized spacial score (nSPS) is 11.2. The highest BCUT2D eigenvalue weighted by Gasteiger charge is 2.15. The van der Waals surface area contributed by atoms with Crippen molar-refractivity contribution in [2.45, 2.75) is 20.1 Å². The molecule has 2 aromatic heterocycles. The highest BCUT2D eigenvalue weighted by atomic mass is 35.5. The van der Waals surface area contributed by atoms with Gasteiger partial charge in [-0.3, -0.25) is 14.8 Å². The molecule has 0 aliphatic heterocycles. The van der Waals surface area contributed by atoms with Crippen molar-refractivity contribution in [1.29, 1.82) is 0 Å². The number of aromatic nitrogens is 2. The first-order valence-electron chi connectivity index (χ1n) is 12.9. The lowest BCUT2D eigenvalue weighted by atomic mass is 10.1. The number of likely N-dealkylation sites (N-methyl/N-ethyl adjacent to an activating group) is 1. The van der Waals surface area contributed by atoms with Gasteiger partial charge in [0.1, 0.15) is 18.1 Å². The Morgan fingerprint density at radius 2 is 1.95 bits per heavy atom. The van der Waals surface area contributed by atoms with Crippen LogP contribution in [0, 0.1) is 0 Å². The third-order valence-corrected chi connectivity index (χ3v) is 6.16. The number of anilines is 3. The first kappa shape index (κ1) is 28.8. The minimum Gasteiger partial charge on any atom is -0.492 e. The lowest BCUT2D eigenvalue weighted by molar-refractivity contribution is -0.111. The van der Waals surface area contributed by atoms with Gasteiger partial charge >= 0.3 is 0 Å². The molecule has 10 heteroatoms. The molecule has 0 spiro atoms. The summed E-state index contributed by atoms with van der Waals surface area (Å²) in [5.74, 6) is 0.818. The van der Waals surface area contributed by atoms with Crippen LogP contribution >= 0.6 is 11.6 Å². The summed E-state index contributed by atoms with van der Waals surface area (Å²) in [7, 11) is 3.87. The van der Waals surface area contributed by atoms with Gasteiger partial charge in [0.25, 0.3) is 0 Å². The number of nitrogens with zero attached hydrogens (tertiary/aromatic N) is 3. The van der Waals surface area contributed by atoms with Gasteiger partial charge in [-0.25, -0.2) is 0 Å². The molecule has 4 aromatic rings. The molecule has 208 valence electrons. The minimum atomic E-state index is -0.257. The average Bonchev–Trinajstić information content (AvgIpc) is 2.94. The Labute approximate surface area is 239 Å². The molecule has 0 saturated carbocycles. The first-order valence-corrected chi connectivity index (χ1v) is 13.3. The van der Waals surface area contributed by atoms with Crippen LogP contribution in [-0.4, -0.2) is 48.0 Å². The number of ether oxygens (including phenoxy) is 2. The molecule has 0 radical (unpaired) electrons. The molecule has 0 atom stereocenters. The zero-order valence-electron chi connectivity index (χ0n) is 22.8. The monoisotopic (exact) mass is 560 g/mol. The van der Waals surface area contributed by atoms with E-state index in [0.717, 1.165) is 28.0 Å². The van der Waals surface area contributed by atoms with Crippen LogP contribution in [-0.2, 0) is 17.9 Å². The molecule has 4 rings (SSSR count). The van der Waals surface area contributed by atoms with E-state index in [1.54, 1.807) is 30.6 Å². The molecule has 2 heterocycles. The van der Waals surface area contributed by atoms with Gasteiger partial charge in [0.05, 0.1) is 34.2 Å². The van der Waals surface area contributed by atoms with Gasteiger partial charge in [-0.2, -0.15) is 0 Å². The molecule has 0 aliphatic rings. The van der Waals surface area contributed by atoms with Crippen molar-refractivity contribution in [3.8, 4) is 11.5 Å². The van der Waals surface area contributed by atoms with Crippen LogP contribution in [0.5, 0.6) is 11.5 Å². The summed E-state index contributed by atoms with van der Waals surface area (Å²) in [5, 5.41) is 7.59. The van der Waals surface area contributed by atoms with Crippen LogP contribution in [0.25, 0.3) is 10.9 Å². The summed E-state index contributed by atoms with van der Waals surface area (Å²) in [4.78, 5) is 23.5. The Bertz CT molecular complexity index is 1490. The molecule has 0 saturated heterocycles. The van der Waals surface area contributed by atoms with Gasteiger partial charge in [-0.15, -0.1) is 0 Å². The SMILES string of the molecule is CCOc1cc2ncc(CN)c(Nc3ccc(OCc4ccccn4)c(Cl)c3)c2cc1NC(=O)C=CCN(C)C. The van der Waals surface area contributed by atoms with Crippen LogP contribution in [0.1, 0.15) is 18.2 Å². The topological polar surface area (TPSA) is 115 Å². The van der Waals surface area contributed by atoms with Crippen molar-refractivity contribution in [2.24, 2.45) is 5.73 Å². The summed E-state index contributed by atoms with van der Waals surface area (Å²) in [6.45, 7) is 3.53. The Morgan fingerprint density at radius 1 is 1.10 bits per heavy atom. The number of pyridine rings is 2. The second-order valence-corrected chi connectivity index (χ2v) is 9.60. The number of carbonyl (C=O) groups excluding carboxylic acids is 1. The van der Waals surface area contributed by atoms with Crippen LogP contribution in [0.4, 0.5) is 17.1 Å². The Hall–Kier alpha value is -4.18. The summed E-state index contributed by atoms with van der Waals surface area (Å²) >= 11 is 6.56. The van der Waals surface area contributed by atoms with Crippen molar-refractivity contribution >= 4 is 45.5 Å². The molecule has 4 N–H and O–H groups in total. The number of carbonyl (C=O) groups is 1. The summed E-state index contributed by atoms with van der Waals surface area (Å²) in [6, 6.07) is 14.8. The maximum absolute atomic E-state index is 12.6. The molecule has 0 unspecified atom stereocenters. The predicted molar refractivity (Wildman–Crippen MR) is 160 cm³/mol. The van der Waals surface area contributed by atoms with E-state index >= 15 is 0 Å². The van der Waals surface area contributed by atoms with Crippen molar-refractivity contribution in [2.75, 3.05) is 37.9 Å². The fourth-order valence-corrected chi connectivity index (χ4v) is 4.19. The van der Waals surface area contributed by atoms with Gasteiger partial charge in [-0.05, 0) is 57.4 Å². The lowest BCUT2D eigenvalue weighted by Crippen LogP contribution is -2.13. The number of fused-ring (bicyclic) bond motifs is 1. The Morgan fingerprint density at radius 3 is 2.65 bits per heavy atom. The lowest BCUT2D eigenvalue weighted by Gasteiger charge is -2.18. The third kappa shape index (κ3) is 7.47. The van der Waals surface area contributed by atoms with Gasteiger partial charge < -0.3 is 30.7 Å². The number of hydrogen-bond acceptors (Lipinski definition) is 8. The quantitative estimate of drug-likeness (QED) is 0.194. The fraction of sp³-hybridized carbons (Fsp3) is 0.233. The number of nitrogens with two attached hydrogens (primary N) is 1. The summed E-state index contributed by atoms with van der Waals surface area (Å²) in [6.07, 6.45) is 6.75. The molecule has 0 fully saturated rings. The average molecular weight is 561 g/mol. The summed E-state index contributed by atoms with van der Waals surface area (Å²) in [5.41, 5.74) is 10.4. The minimum absolute atomic E-state index is 0.256. The van der Waals surface area contributed by atoms with E-state index in [4.69, 9.17) is 26.8 Å². The van der Waals surface area contributed by atoms with Crippen LogP contribution < -0.4 is 25.8 Å². The molecular weight excluding hydrogens is 528 g/mol. The standard InChI is InChI=1S/C30H33ClN6O3/c1-4-39-28-16-25-23(15-26(28)36-29(38)9-7-13-37(2)3)30(20(17-32)18-34-25)35-21-10-11-27(24(31)14-21)40-19-22-8-5-6-12-33-22/h5-12,14-16,18H,4,13,17,19,32H2,1-3H3,(H,34,35)(H,36,38). The number of rotatable bonds is 12. The van der Waals surface area contributed by atoms with Crippen LogP contribution in [0.3, 0.4) is 0 Å². The smallest absolute Gasteiger partial charge is 0.248 e. The van der Waals surface area contributed by atoms with Gasteiger partial charge in [0.15, 0.2) is 0 Å². The zero-order valence-corrected chi connectivity index (χ0v) is 23.5. The van der Waals surface area contributed by atoms with Crippen molar-refractivity contribution < 1.29 is 14.3 Å². The molecule has 0 aliphatic carbocycles. The Kier molecular flexibility index (Phi) is 9.91. The van der Waals surface area contributed by atoms with Crippen LogP contribution in [0.15, 0.2) is 73.1 Å². The second-order valence-electron chi connectivity index (χ2n) is 9.19. The van der Waals surface area contributed by atoms with E-state index in [-0.39, 0.29) is 12.5 Å². The Balaban J connectivity index is 1.64. The maximum Gasteiger partial charge on any atom is 0.248 e. The highest BCUT2D eigenvalue weighted by molar-refractivity contribution is 6.32. The molecule has 0 bridgehead atoms. The van der Waals surface area contributed by atoms with Crippen molar-refractivity contribution in [3.63, 3.8) is 0 Å². The third-order valence-electron chi connectivity index (χ3n) is 5.87. The zero-order chi connectivity index (χ0) is 28.5. The van der Waals surface area contributed by atoms with E-state index in [1.165, 1.54) is 6.08 Å². The molecule has 9 nitrogen and oxygen atoms in total. The van der Waals surface area contributed by atoms with Gasteiger partial charge in [0.2, 0.25) is 5.91 Å². The fourth-order valence-electron chi connectivity index (χ4n) is 3.96. The van der Waals surface area contributed by atoms with Gasteiger partial charge in [0, 0.05) is 54.3 Å². The van der Waals surface area contributed by atoms with Crippen molar-refractivity contribution in [1.82, 2.24) is 14.9 Å². The van der Waals surface area contributed by atoms with Gasteiger partial charge in [-0.1, -0.05) is 23.7 Å². The number of nitrogens with one attached hydrogen (secondary N) is 2. The summed E-state index contributed by atoms with van der Waals surface area (Å²) < 4.78 is 11.7. The van der Waals surface area contributed by atoms with E-state index in [1.807, 2.05) is 62.3 Å². The predicted octanol–water partition coefficient (Wildman–Crippen LogP) is 5.52. The maximum atomic E-state index is 12.6. The van der Waals surface area contributed by atoms with E-state index < -0.39 is 0 Å². The molecule has 2 aromatic carbocycles. The van der Waals surface area contributed by atoms with Crippen molar-refractivity contribution in [3.05, 3.63) is 89.4 Å². The molecule has 1 amide bonds. The van der Waals surface area contributed by atoms with E-state index in [9.17, 15) is 4.79 Å². The van der Waals surface area contributed by atoms with E-state index in [2.05, 4.69) is 20.6 Å².